The lowest BCUT2D eigenvalue weighted by Crippen LogP contribution is -2.35. The number of nitrogens with two attached hydrogens (primary N) is 1. The van der Waals surface area contributed by atoms with Gasteiger partial charge in [0.2, 0.25) is 0 Å². The molecular formula is C14H22ClFN4O. The van der Waals surface area contributed by atoms with Crippen molar-refractivity contribution in [1.29, 1.82) is 0 Å². The zero-order chi connectivity index (χ0) is 15.9. The molecule has 0 saturated carbocycles. The third-order valence-corrected chi connectivity index (χ3v) is 3.09. The first-order valence-electron chi connectivity index (χ1n) is 6.69. The standard InChI is InChI=1S/C14H22ClFN4O/c1-14(2,8-17)9-19-13(18-5-6-21)20-10-3-4-12(16)11(15)7-10/h3-4,7,21H,5-6,8-9,17H2,1-2H3,(H2,18,19,20). The van der Waals surface area contributed by atoms with Crippen LogP contribution in [0.25, 0.3) is 0 Å². The van der Waals surface area contributed by atoms with Crippen LogP contribution in [0.15, 0.2) is 23.2 Å². The second kappa shape index (κ2) is 8.17. The van der Waals surface area contributed by atoms with E-state index >= 15 is 0 Å². The van der Waals surface area contributed by atoms with Crippen LogP contribution in [0.1, 0.15) is 13.8 Å². The lowest BCUT2D eigenvalue weighted by atomic mass is 9.94. The minimum absolute atomic E-state index is 0.0227. The first-order chi connectivity index (χ1) is 9.88. The molecule has 0 unspecified atom stereocenters. The molecule has 5 N–H and O–H groups in total. The number of anilines is 1. The van der Waals surface area contributed by atoms with Crippen molar-refractivity contribution < 1.29 is 9.50 Å². The summed E-state index contributed by atoms with van der Waals surface area (Å²) < 4.78 is 13.1. The van der Waals surface area contributed by atoms with Gasteiger partial charge in [-0.1, -0.05) is 25.4 Å². The van der Waals surface area contributed by atoms with Crippen molar-refractivity contribution >= 4 is 23.2 Å². The van der Waals surface area contributed by atoms with Crippen LogP contribution in [0, 0.1) is 11.2 Å². The quantitative estimate of drug-likeness (QED) is 0.476. The van der Waals surface area contributed by atoms with Crippen molar-refractivity contribution in [3.05, 3.63) is 29.0 Å². The van der Waals surface area contributed by atoms with E-state index in [1.165, 1.54) is 12.1 Å². The van der Waals surface area contributed by atoms with Gasteiger partial charge in [-0.3, -0.25) is 4.99 Å². The van der Waals surface area contributed by atoms with E-state index in [1.54, 1.807) is 6.07 Å². The molecule has 1 aromatic rings. The van der Waals surface area contributed by atoms with Gasteiger partial charge >= 0.3 is 0 Å². The molecule has 0 aliphatic heterocycles. The topological polar surface area (TPSA) is 82.7 Å². The molecule has 0 aromatic heterocycles. The first-order valence-corrected chi connectivity index (χ1v) is 7.07. The van der Waals surface area contributed by atoms with E-state index in [9.17, 15) is 4.39 Å². The molecular weight excluding hydrogens is 295 g/mol. The number of guanidine groups is 1. The Morgan fingerprint density at radius 2 is 2.19 bits per heavy atom. The van der Waals surface area contributed by atoms with Gasteiger partial charge in [-0.15, -0.1) is 0 Å². The van der Waals surface area contributed by atoms with E-state index in [0.29, 0.717) is 31.3 Å². The lowest BCUT2D eigenvalue weighted by Gasteiger charge is -2.20. The molecule has 0 radical (unpaired) electrons. The van der Waals surface area contributed by atoms with Crippen LogP contribution in [0.4, 0.5) is 10.1 Å². The first kappa shape index (κ1) is 17.7. The minimum atomic E-state index is -0.478. The van der Waals surface area contributed by atoms with Crippen molar-refractivity contribution in [2.24, 2.45) is 16.1 Å². The van der Waals surface area contributed by atoms with Gasteiger partial charge in [0.05, 0.1) is 11.6 Å². The van der Waals surface area contributed by atoms with Gasteiger partial charge in [-0.05, 0) is 30.2 Å². The van der Waals surface area contributed by atoms with Crippen molar-refractivity contribution in [2.75, 3.05) is 31.6 Å². The van der Waals surface area contributed by atoms with Crippen LogP contribution < -0.4 is 16.4 Å². The molecule has 1 rings (SSSR count). The van der Waals surface area contributed by atoms with E-state index in [4.69, 9.17) is 22.4 Å². The Hall–Kier alpha value is -1.37. The molecule has 21 heavy (non-hydrogen) atoms. The summed E-state index contributed by atoms with van der Waals surface area (Å²) in [4.78, 5) is 4.42. The number of aliphatic hydroxyl groups excluding tert-OH is 1. The Balaban J connectivity index is 2.81. The molecule has 0 heterocycles. The summed E-state index contributed by atoms with van der Waals surface area (Å²) in [6.07, 6.45) is 0. The van der Waals surface area contributed by atoms with E-state index in [-0.39, 0.29) is 17.0 Å². The van der Waals surface area contributed by atoms with Gasteiger partial charge in [-0.25, -0.2) is 4.39 Å². The van der Waals surface area contributed by atoms with E-state index < -0.39 is 5.82 Å². The average Bonchev–Trinajstić information content (AvgIpc) is 2.45. The lowest BCUT2D eigenvalue weighted by molar-refractivity contribution is 0.300. The summed E-state index contributed by atoms with van der Waals surface area (Å²) >= 11 is 5.74. The number of benzene rings is 1. The molecule has 0 atom stereocenters. The van der Waals surface area contributed by atoms with E-state index in [0.717, 1.165) is 0 Å². The highest BCUT2D eigenvalue weighted by molar-refractivity contribution is 6.31. The molecule has 0 aliphatic rings. The molecule has 7 heteroatoms. The third-order valence-electron chi connectivity index (χ3n) is 2.80. The number of aliphatic hydroxyl groups is 1. The molecule has 0 saturated heterocycles. The van der Waals surface area contributed by atoms with E-state index in [2.05, 4.69) is 15.6 Å². The van der Waals surface area contributed by atoms with Crippen LogP contribution in [0.2, 0.25) is 5.02 Å². The van der Waals surface area contributed by atoms with Gasteiger partial charge in [0.25, 0.3) is 0 Å². The number of halogens is 2. The number of rotatable bonds is 6. The molecule has 0 fully saturated rings. The van der Waals surface area contributed by atoms with Crippen LogP contribution in [-0.2, 0) is 0 Å². The summed E-state index contributed by atoms with van der Waals surface area (Å²) in [7, 11) is 0. The zero-order valence-electron chi connectivity index (χ0n) is 12.3. The molecule has 118 valence electrons. The average molecular weight is 317 g/mol. The van der Waals surface area contributed by atoms with Gasteiger partial charge in [0.15, 0.2) is 5.96 Å². The van der Waals surface area contributed by atoms with Crippen molar-refractivity contribution in [3.63, 3.8) is 0 Å². The highest BCUT2D eigenvalue weighted by Crippen LogP contribution is 2.19. The maximum absolute atomic E-state index is 13.1. The van der Waals surface area contributed by atoms with Gasteiger partial charge in [0, 0.05) is 18.8 Å². The summed E-state index contributed by atoms with van der Waals surface area (Å²) in [5.41, 5.74) is 6.15. The summed E-state index contributed by atoms with van der Waals surface area (Å²) in [5.74, 6) is 0.00142. The molecule has 0 bridgehead atoms. The fourth-order valence-corrected chi connectivity index (χ4v) is 1.56. The fraction of sp³-hybridized carbons (Fsp3) is 0.500. The monoisotopic (exact) mass is 316 g/mol. The third kappa shape index (κ3) is 6.29. The maximum Gasteiger partial charge on any atom is 0.195 e. The zero-order valence-corrected chi connectivity index (χ0v) is 13.0. The highest BCUT2D eigenvalue weighted by Gasteiger charge is 2.15. The molecule has 1 aromatic carbocycles. The summed E-state index contributed by atoms with van der Waals surface area (Å²) in [6, 6.07) is 4.31. The normalized spacial score (nSPS) is 12.4. The number of hydrogen-bond donors (Lipinski definition) is 4. The van der Waals surface area contributed by atoms with Crippen LogP contribution >= 0.6 is 11.6 Å². The van der Waals surface area contributed by atoms with Crippen molar-refractivity contribution in [1.82, 2.24) is 5.32 Å². The predicted molar refractivity (Wildman–Crippen MR) is 85.3 cm³/mol. The second-order valence-corrected chi connectivity index (χ2v) is 5.84. The van der Waals surface area contributed by atoms with Gasteiger partial charge in [-0.2, -0.15) is 0 Å². The predicted octanol–water partition coefficient (Wildman–Crippen LogP) is 1.81. The van der Waals surface area contributed by atoms with Crippen LogP contribution in [0.5, 0.6) is 0 Å². The Morgan fingerprint density at radius 1 is 1.48 bits per heavy atom. The highest BCUT2D eigenvalue weighted by atomic mass is 35.5. The Kier molecular flexibility index (Phi) is 6.87. The molecule has 0 aliphatic carbocycles. The Bertz CT molecular complexity index is 494. The Labute approximate surface area is 129 Å². The summed E-state index contributed by atoms with van der Waals surface area (Å²) in [5, 5.41) is 14.9. The Morgan fingerprint density at radius 3 is 2.76 bits per heavy atom. The van der Waals surface area contributed by atoms with E-state index in [1.807, 2.05) is 13.8 Å². The smallest absolute Gasteiger partial charge is 0.195 e. The second-order valence-electron chi connectivity index (χ2n) is 5.44. The number of nitrogens with one attached hydrogen (secondary N) is 2. The largest absolute Gasteiger partial charge is 0.395 e. The number of nitrogens with zero attached hydrogens (tertiary/aromatic N) is 1. The van der Waals surface area contributed by atoms with Crippen LogP contribution in [-0.4, -0.2) is 37.3 Å². The minimum Gasteiger partial charge on any atom is -0.395 e. The molecule has 0 spiro atoms. The SMILES string of the molecule is CC(C)(CN)CN=C(NCCO)Nc1ccc(F)c(Cl)c1. The van der Waals surface area contributed by atoms with Gasteiger partial charge < -0.3 is 21.5 Å². The molecule has 0 amide bonds. The maximum atomic E-state index is 13.1. The number of aliphatic imine (C=N–C) groups is 1. The molecule has 5 nitrogen and oxygen atoms in total. The van der Waals surface area contributed by atoms with Gasteiger partial charge in [0.1, 0.15) is 5.82 Å². The van der Waals surface area contributed by atoms with Crippen molar-refractivity contribution in [3.8, 4) is 0 Å². The summed E-state index contributed by atoms with van der Waals surface area (Å²) in [6.45, 7) is 5.37. The van der Waals surface area contributed by atoms with Crippen molar-refractivity contribution in [2.45, 2.75) is 13.8 Å². The van der Waals surface area contributed by atoms with Crippen LogP contribution in [0.3, 0.4) is 0 Å². The fourth-order valence-electron chi connectivity index (χ4n) is 1.38. The number of hydrogen-bond acceptors (Lipinski definition) is 3.